The van der Waals surface area contributed by atoms with Gasteiger partial charge in [-0.05, 0) is 33.4 Å². The van der Waals surface area contributed by atoms with Gasteiger partial charge in [0.1, 0.15) is 19.8 Å². The Hall–Kier alpha value is -7.48. The smallest absolute Gasteiger partial charge is 0.409 e. The van der Waals surface area contributed by atoms with Crippen molar-refractivity contribution in [3.05, 3.63) is 215 Å². The van der Waals surface area contributed by atoms with Crippen LogP contribution in [0.15, 0.2) is 182 Å². The first kappa shape index (κ1) is 63.7. The average molecular weight is 1130 g/mol. The Kier molecular flexibility index (Phi) is 27.0. The Labute approximate surface area is 482 Å². The molecule has 0 saturated carbocycles. The summed E-state index contributed by atoms with van der Waals surface area (Å²) in [5, 5.41) is 17.3. The Morgan fingerprint density at radius 1 is 0.354 bits per heavy atom. The van der Waals surface area contributed by atoms with Crippen molar-refractivity contribution in [3.8, 4) is 0 Å². The second-order valence-electron chi connectivity index (χ2n) is 19.1. The highest BCUT2D eigenvalue weighted by molar-refractivity contribution is 5.76. The number of amides is 2. The zero-order valence-corrected chi connectivity index (χ0v) is 46.1. The van der Waals surface area contributed by atoms with Crippen LogP contribution in [-0.4, -0.2) is 186 Å². The zero-order chi connectivity index (χ0) is 56.8. The maximum Gasteiger partial charge on any atom is 0.409 e. The molecule has 82 heavy (non-hydrogen) atoms. The molecule has 0 unspecified atom stereocenters. The lowest BCUT2D eigenvalue weighted by Crippen LogP contribution is -2.57. The van der Waals surface area contributed by atoms with Gasteiger partial charge >= 0.3 is 24.1 Å². The van der Waals surface area contributed by atoms with Crippen LogP contribution in [-0.2, 0) is 53.8 Å². The van der Waals surface area contributed by atoms with E-state index < -0.39 is 23.0 Å². The molecule has 2 saturated heterocycles. The van der Waals surface area contributed by atoms with Crippen LogP contribution in [0.1, 0.15) is 53.6 Å². The summed E-state index contributed by atoms with van der Waals surface area (Å²) in [6.45, 7) is 7.71. The van der Waals surface area contributed by atoms with E-state index in [2.05, 4.69) is 155 Å². The van der Waals surface area contributed by atoms with Crippen LogP contribution in [0.2, 0.25) is 0 Å². The summed E-state index contributed by atoms with van der Waals surface area (Å²) in [5.74, 6) is -1.62. The molecule has 2 N–H and O–H groups in total. The summed E-state index contributed by atoms with van der Waals surface area (Å²) in [6.07, 6.45) is -1.10. The first-order valence-corrected chi connectivity index (χ1v) is 27.7. The lowest BCUT2D eigenvalue weighted by Gasteiger charge is -2.48. The summed E-state index contributed by atoms with van der Waals surface area (Å²) < 4.78 is 37.2. The summed E-state index contributed by atoms with van der Waals surface area (Å²) in [7, 11) is 0. The van der Waals surface area contributed by atoms with E-state index in [-0.39, 0.29) is 78.7 Å². The Morgan fingerprint density at radius 3 is 0.878 bits per heavy atom. The van der Waals surface area contributed by atoms with Gasteiger partial charge in [0, 0.05) is 52.4 Å². The highest BCUT2D eigenvalue weighted by Gasteiger charge is 2.45. The maximum atomic E-state index is 12.8. The van der Waals surface area contributed by atoms with E-state index in [1.54, 1.807) is 9.80 Å². The van der Waals surface area contributed by atoms with E-state index in [9.17, 15) is 19.2 Å². The monoisotopic (exact) mass is 1120 g/mol. The van der Waals surface area contributed by atoms with Gasteiger partial charge in [-0.3, -0.25) is 19.4 Å². The van der Waals surface area contributed by atoms with Gasteiger partial charge in [-0.2, -0.15) is 0 Å². The van der Waals surface area contributed by atoms with Crippen molar-refractivity contribution in [2.45, 2.75) is 31.3 Å². The second kappa shape index (κ2) is 34.7. The van der Waals surface area contributed by atoms with E-state index in [0.29, 0.717) is 85.4 Å². The van der Waals surface area contributed by atoms with Gasteiger partial charge < -0.3 is 53.2 Å². The Balaban J connectivity index is 0.000000264. The van der Waals surface area contributed by atoms with Crippen molar-refractivity contribution in [1.29, 1.82) is 0 Å². The molecule has 0 aromatic heterocycles. The van der Waals surface area contributed by atoms with Gasteiger partial charge in [-0.15, -0.1) is 0 Å². The third kappa shape index (κ3) is 17.8. The van der Waals surface area contributed by atoms with Gasteiger partial charge in [-0.25, -0.2) is 9.59 Å². The molecule has 2 fully saturated rings. The third-order valence-electron chi connectivity index (χ3n) is 14.1. The molecule has 6 aromatic rings. The first-order chi connectivity index (χ1) is 39.8. The van der Waals surface area contributed by atoms with E-state index in [0.717, 1.165) is 0 Å². The number of carboxylic acids is 1. The number of nitrogens with zero attached hydrogens (tertiary/aromatic N) is 4. The number of carbonyl (C=O) groups is 4. The standard InChI is InChI=1S/C34H40N2O8.C30H36N2O5.CH4/c37-31(38)16-17-32(39)43-26-24-41-22-23-42-25-27-44-33(40)35-18-20-36(21-19-35)34(28-10-4-1-5-11-28,29-12-6-2-7-13-29)30-14-8-3-9-15-30;33-20-21-35-22-23-36-24-25-37-29(34)31-16-18-32(19-17-31)30(26-10-4-1-5-11-26,27-12-6-2-7-13-27)28-14-8-3-9-15-28;/h1-15H,16-27H2,(H,37,38);1-15,33H,16-25H2;1H4. The van der Waals surface area contributed by atoms with Crippen LogP contribution in [0.3, 0.4) is 0 Å². The summed E-state index contributed by atoms with van der Waals surface area (Å²) in [5.41, 5.74) is 6.11. The van der Waals surface area contributed by atoms with Crippen molar-refractivity contribution < 1.29 is 62.5 Å². The molecule has 2 aliphatic heterocycles. The lowest BCUT2D eigenvalue weighted by molar-refractivity contribution is -0.149. The average Bonchev–Trinajstić information content (AvgIpc) is 2.64. The largest absolute Gasteiger partial charge is 0.481 e. The van der Waals surface area contributed by atoms with Crippen molar-refractivity contribution >= 4 is 24.1 Å². The first-order valence-electron chi connectivity index (χ1n) is 27.7. The molecule has 0 radical (unpaired) electrons. The van der Waals surface area contributed by atoms with E-state index >= 15 is 0 Å². The van der Waals surface area contributed by atoms with Crippen molar-refractivity contribution in [1.82, 2.24) is 19.6 Å². The number of esters is 1. The minimum absolute atomic E-state index is 0. The number of ether oxygens (including phenoxy) is 7. The number of aliphatic carboxylic acids is 1. The number of hydrogen-bond acceptors (Lipinski definition) is 14. The van der Waals surface area contributed by atoms with E-state index in [1.807, 2.05) is 36.4 Å². The molecule has 17 nitrogen and oxygen atoms in total. The number of carbonyl (C=O) groups excluding carboxylic acids is 3. The molecule has 0 atom stereocenters. The predicted octanol–water partition coefficient (Wildman–Crippen LogP) is 8.57. The fourth-order valence-electron chi connectivity index (χ4n) is 10.4. The van der Waals surface area contributed by atoms with Crippen LogP contribution in [0.5, 0.6) is 0 Å². The molecule has 2 heterocycles. The van der Waals surface area contributed by atoms with E-state index in [1.165, 1.54) is 33.4 Å². The normalized spacial score (nSPS) is 13.9. The van der Waals surface area contributed by atoms with Gasteiger partial charge in [-0.1, -0.05) is 189 Å². The lowest BCUT2D eigenvalue weighted by atomic mass is 9.75. The van der Waals surface area contributed by atoms with Crippen LogP contribution in [0.25, 0.3) is 0 Å². The summed E-state index contributed by atoms with van der Waals surface area (Å²) in [6, 6.07) is 63.4. The molecule has 6 aromatic carbocycles. The number of benzene rings is 6. The van der Waals surface area contributed by atoms with Gasteiger partial charge in [0.2, 0.25) is 0 Å². The number of hydrogen-bond donors (Lipinski definition) is 2. The van der Waals surface area contributed by atoms with Crippen LogP contribution >= 0.6 is 0 Å². The third-order valence-corrected chi connectivity index (χ3v) is 14.1. The SMILES string of the molecule is C.O=C(O)CCC(=O)OCCOCCOCCOC(=O)N1CCN(C(c2ccccc2)(c2ccccc2)c2ccccc2)CC1.O=C(OCCOCCOCCO)N1CCN(C(c2ccccc2)(c2ccccc2)c2ccccc2)CC1. The highest BCUT2D eigenvalue weighted by atomic mass is 16.6. The van der Waals surface area contributed by atoms with Crippen molar-refractivity contribution in [2.75, 3.05) is 132 Å². The van der Waals surface area contributed by atoms with Gasteiger partial charge in [0.05, 0.1) is 83.4 Å². The second-order valence-corrected chi connectivity index (χ2v) is 19.1. The van der Waals surface area contributed by atoms with Crippen LogP contribution < -0.4 is 0 Å². The highest BCUT2D eigenvalue weighted by Crippen LogP contribution is 2.44. The Bertz CT molecular complexity index is 2540. The molecule has 438 valence electrons. The fraction of sp³-hybridized carbons (Fsp3) is 0.385. The zero-order valence-electron chi connectivity index (χ0n) is 46.1. The van der Waals surface area contributed by atoms with Gasteiger partial charge in [0.15, 0.2) is 0 Å². The maximum absolute atomic E-state index is 12.8. The number of piperazine rings is 2. The summed E-state index contributed by atoms with van der Waals surface area (Å²) in [4.78, 5) is 55.8. The summed E-state index contributed by atoms with van der Waals surface area (Å²) >= 11 is 0. The molecule has 0 bridgehead atoms. The minimum Gasteiger partial charge on any atom is -0.481 e. The fourth-order valence-corrected chi connectivity index (χ4v) is 10.4. The molecule has 0 spiro atoms. The predicted molar refractivity (Wildman–Crippen MR) is 312 cm³/mol. The topological polar surface area (TPSA) is 186 Å². The van der Waals surface area contributed by atoms with Crippen LogP contribution in [0, 0.1) is 0 Å². The Morgan fingerprint density at radius 2 is 0.610 bits per heavy atom. The van der Waals surface area contributed by atoms with Crippen molar-refractivity contribution in [2.24, 2.45) is 0 Å². The molecular formula is C65H80N4O13. The molecule has 0 aliphatic carbocycles. The number of aliphatic hydroxyl groups is 1. The van der Waals surface area contributed by atoms with Gasteiger partial charge in [0.25, 0.3) is 0 Å². The number of rotatable bonds is 28. The van der Waals surface area contributed by atoms with Crippen LogP contribution in [0.4, 0.5) is 9.59 Å². The molecule has 2 amide bonds. The molecule has 17 heteroatoms. The van der Waals surface area contributed by atoms with Crippen molar-refractivity contribution in [3.63, 3.8) is 0 Å². The number of aliphatic hydroxyl groups excluding tert-OH is 1. The number of carboxylic acid groups (broad SMARTS) is 1. The molecular weight excluding hydrogens is 1040 g/mol. The minimum atomic E-state index is -1.05. The molecule has 2 aliphatic rings. The quantitative estimate of drug-likeness (QED) is 0.0206. The molecule has 8 rings (SSSR count). The van der Waals surface area contributed by atoms with E-state index in [4.69, 9.17) is 43.4 Å².